The third-order valence-electron chi connectivity index (χ3n) is 6.70. The summed E-state index contributed by atoms with van der Waals surface area (Å²) in [5.74, 6) is -2.49. The first-order chi connectivity index (χ1) is 21.7. The van der Waals surface area contributed by atoms with Crippen molar-refractivity contribution in [3.05, 3.63) is 106 Å². The van der Waals surface area contributed by atoms with Gasteiger partial charge in [-0.05, 0) is 66.1 Å². The van der Waals surface area contributed by atoms with Crippen molar-refractivity contribution in [1.29, 1.82) is 0 Å². The van der Waals surface area contributed by atoms with Gasteiger partial charge in [0.1, 0.15) is 11.5 Å². The van der Waals surface area contributed by atoms with E-state index >= 15 is 0 Å². The number of aromatic nitrogens is 1. The molecule has 1 aromatic heterocycles. The fourth-order valence-corrected chi connectivity index (χ4v) is 4.72. The largest absolute Gasteiger partial charge is 0.466 e. The van der Waals surface area contributed by atoms with Crippen LogP contribution in [0.1, 0.15) is 40.5 Å². The molecular formula is C32H25ClF7N3O3. The highest BCUT2D eigenvalue weighted by Crippen LogP contribution is 2.38. The second kappa shape index (κ2) is 14.2. The highest BCUT2D eigenvalue weighted by Gasteiger charge is 2.34. The van der Waals surface area contributed by atoms with Crippen LogP contribution in [0.3, 0.4) is 0 Å². The molecule has 242 valence electrons. The van der Waals surface area contributed by atoms with Gasteiger partial charge in [-0.15, -0.1) is 0 Å². The standard InChI is InChI=1S/C32H25ClF7N3O3/c1-2-46-29(44)11-12-41-30(45)28-10-5-20(17-43-28)24-14-21(31(35,36)37)6-3-19(24)16-42-22-7-8-23(26(33)15-22)18-4-9-27(34)25(13-18)32(38,39)40/h3-10,13-15,17,42H,2,11-12,16H2,1H3,(H,41,45). The molecule has 3 aromatic carbocycles. The summed E-state index contributed by atoms with van der Waals surface area (Å²) >= 11 is 6.35. The lowest BCUT2D eigenvalue weighted by Crippen LogP contribution is -2.27. The fraction of sp³-hybridized carbons (Fsp3) is 0.219. The van der Waals surface area contributed by atoms with E-state index in [1.54, 1.807) is 6.92 Å². The Hall–Kier alpha value is -4.65. The molecular weight excluding hydrogens is 643 g/mol. The molecule has 0 fully saturated rings. The number of hydrogen-bond donors (Lipinski definition) is 2. The maximum Gasteiger partial charge on any atom is 0.419 e. The van der Waals surface area contributed by atoms with E-state index in [1.807, 2.05) is 0 Å². The van der Waals surface area contributed by atoms with Crippen molar-refractivity contribution in [1.82, 2.24) is 10.3 Å². The molecule has 0 bridgehead atoms. The Labute approximate surface area is 263 Å². The van der Waals surface area contributed by atoms with Gasteiger partial charge < -0.3 is 15.4 Å². The predicted molar refractivity (Wildman–Crippen MR) is 157 cm³/mol. The SMILES string of the molecule is CCOC(=O)CCNC(=O)c1ccc(-c2cc(C(F)(F)F)ccc2CNc2ccc(-c3ccc(F)c(C(F)(F)F)c3)c(Cl)c2)cn1. The third-order valence-corrected chi connectivity index (χ3v) is 7.01. The molecule has 1 amide bonds. The molecule has 0 spiro atoms. The topological polar surface area (TPSA) is 80.3 Å². The van der Waals surface area contributed by atoms with E-state index < -0.39 is 41.2 Å². The minimum atomic E-state index is -4.90. The lowest BCUT2D eigenvalue weighted by atomic mass is 9.97. The molecule has 14 heteroatoms. The normalized spacial score (nSPS) is 11.7. The number of pyridine rings is 1. The molecule has 0 atom stereocenters. The summed E-state index contributed by atoms with van der Waals surface area (Å²) in [4.78, 5) is 27.9. The van der Waals surface area contributed by atoms with Crippen LogP contribution in [-0.2, 0) is 28.4 Å². The van der Waals surface area contributed by atoms with Gasteiger partial charge in [-0.25, -0.2) is 4.39 Å². The first-order valence-electron chi connectivity index (χ1n) is 13.7. The van der Waals surface area contributed by atoms with Crippen LogP contribution < -0.4 is 10.6 Å². The van der Waals surface area contributed by atoms with Crippen molar-refractivity contribution >= 4 is 29.2 Å². The molecule has 0 aliphatic rings. The number of amides is 1. The molecule has 46 heavy (non-hydrogen) atoms. The van der Waals surface area contributed by atoms with Gasteiger partial charge in [-0.1, -0.05) is 35.9 Å². The Bertz CT molecular complexity index is 1730. The Kier molecular flexibility index (Phi) is 10.6. The molecule has 4 rings (SSSR count). The van der Waals surface area contributed by atoms with Crippen LogP contribution in [0.25, 0.3) is 22.3 Å². The van der Waals surface area contributed by atoms with Crippen LogP contribution in [-0.4, -0.2) is 30.0 Å². The molecule has 0 aliphatic heterocycles. The van der Waals surface area contributed by atoms with E-state index in [4.69, 9.17) is 16.3 Å². The molecule has 0 saturated carbocycles. The minimum absolute atomic E-state index is 0.00795. The number of rotatable bonds is 10. The lowest BCUT2D eigenvalue weighted by Gasteiger charge is -2.16. The Morgan fingerprint density at radius 1 is 0.870 bits per heavy atom. The first kappa shape index (κ1) is 34.2. The number of hydrogen-bond acceptors (Lipinski definition) is 5. The quantitative estimate of drug-likeness (QED) is 0.131. The maximum atomic E-state index is 13.7. The number of carbonyl (C=O) groups is 2. The van der Waals surface area contributed by atoms with Crippen LogP contribution in [0.4, 0.5) is 36.4 Å². The molecule has 0 radical (unpaired) electrons. The van der Waals surface area contributed by atoms with Gasteiger partial charge in [0.25, 0.3) is 5.91 Å². The van der Waals surface area contributed by atoms with E-state index in [1.165, 1.54) is 48.7 Å². The third kappa shape index (κ3) is 8.53. The number of esters is 1. The zero-order valence-electron chi connectivity index (χ0n) is 24.0. The van der Waals surface area contributed by atoms with Crippen molar-refractivity contribution in [3.8, 4) is 22.3 Å². The summed E-state index contributed by atoms with van der Waals surface area (Å²) < 4.78 is 98.8. The molecule has 4 aromatic rings. The summed E-state index contributed by atoms with van der Waals surface area (Å²) in [5, 5.41) is 5.61. The van der Waals surface area contributed by atoms with Gasteiger partial charge in [-0.2, -0.15) is 26.3 Å². The average Bonchev–Trinajstić information content (AvgIpc) is 2.99. The maximum absolute atomic E-state index is 13.7. The second-order valence-electron chi connectivity index (χ2n) is 9.85. The van der Waals surface area contributed by atoms with Crippen LogP contribution in [0.2, 0.25) is 5.02 Å². The van der Waals surface area contributed by atoms with Crippen LogP contribution in [0, 0.1) is 5.82 Å². The molecule has 0 unspecified atom stereocenters. The number of nitrogens with one attached hydrogen (secondary N) is 2. The lowest BCUT2D eigenvalue weighted by molar-refractivity contribution is -0.143. The summed E-state index contributed by atoms with van der Waals surface area (Å²) in [7, 11) is 0. The van der Waals surface area contributed by atoms with Gasteiger partial charge >= 0.3 is 18.3 Å². The number of carbonyl (C=O) groups excluding carboxylic acids is 2. The number of nitrogens with zero attached hydrogens (tertiary/aromatic N) is 1. The number of anilines is 1. The zero-order valence-corrected chi connectivity index (χ0v) is 24.7. The molecule has 0 aliphatic carbocycles. The summed E-state index contributed by atoms with van der Waals surface area (Å²) in [5.41, 5.74) is -0.803. The van der Waals surface area contributed by atoms with Crippen LogP contribution >= 0.6 is 11.6 Å². The van der Waals surface area contributed by atoms with Gasteiger partial charge in [-0.3, -0.25) is 14.6 Å². The zero-order chi connectivity index (χ0) is 33.6. The number of ether oxygens (including phenoxy) is 1. The van der Waals surface area contributed by atoms with Crippen LogP contribution in [0.15, 0.2) is 72.9 Å². The molecule has 6 nitrogen and oxygen atoms in total. The predicted octanol–water partition coefficient (Wildman–Crippen LogP) is 8.54. The van der Waals surface area contributed by atoms with Gasteiger partial charge in [0, 0.05) is 36.1 Å². The monoisotopic (exact) mass is 667 g/mol. The Morgan fingerprint density at radius 2 is 1.61 bits per heavy atom. The molecule has 1 heterocycles. The number of benzene rings is 3. The summed E-state index contributed by atoms with van der Waals surface area (Å²) in [6.45, 7) is 1.87. The minimum Gasteiger partial charge on any atom is -0.466 e. The second-order valence-corrected chi connectivity index (χ2v) is 10.3. The van der Waals surface area contributed by atoms with Crippen molar-refractivity contribution in [2.45, 2.75) is 32.2 Å². The van der Waals surface area contributed by atoms with E-state index in [0.717, 1.165) is 12.1 Å². The van der Waals surface area contributed by atoms with Gasteiger partial charge in [0.15, 0.2) is 0 Å². The van der Waals surface area contributed by atoms with Crippen molar-refractivity contribution < 1.29 is 45.1 Å². The Morgan fingerprint density at radius 3 is 2.24 bits per heavy atom. The average molecular weight is 668 g/mol. The van der Waals surface area contributed by atoms with E-state index in [-0.39, 0.29) is 59.1 Å². The van der Waals surface area contributed by atoms with Gasteiger partial charge in [0.05, 0.1) is 29.2 Å². The molecule has 0 saturated heterocycles. The highest BCUT2D eigenvalue weighted by molar-refractivity contribution is 6.33. The molecule has 2 N–H and O–H groups in total. The van der Waals surface area contributed by atoms with E-state index in [0.29, 0.717) is 23.4 Å². The Balaban J connectivity index is 1.54. The van der Waals surface area contributed by atoms with E-state index in [9.17, 15) is 40.3 Å². The van der Waals surface area contributed by atoms with Crippen molar-refractivity contribution in [2.24, 2.45) is 0 Å². The van der Waals surface area contributed by atoms with Crippen LogP contribution in [0.5, 0.6) is 0 Å². The fourth-order valence-electron chi connectivity index (χ4n) is 4.43. The first-order valence-corrected chi connectivity index (χ1v) is 14.1. The van der Waals surface area contributed by atoms with Crippen molar-refractivity contribution in [3.63, 3.8) is 0 Å². The summed E-state index contributed by atoms with van der Waals surface area (Å²) in [6.07, 6.45) is -8.33. The summed E-state index contributed by atoms with van der Waals surface area (Å²) in [6, 6.07) is 12.8. The van der Waals surface area contributed by atoms with Gasteiger partial charge in [0.2, 0.25) is 0 Å². The smallest absolute Gasteiger partial charge is 0.419 e. The van der Waals surface area contributed by atoms with E-state index in [2.05, 4.69) is 15.6 Å². The number of halogens is 8. The highest BCUT2D eigenvalue weighted by atomic mass is 35.5. The van der Waals surface area contributed by atoms with Crippen molar-refractivity contribution in [2.75, 3.05) is 18.5 Å². The number of alkyl halides is 6.